The molecule has 0 unspecified atom stereocenters. The summed E-state index contributed by atoms with van der Waals surface area (Å²) in [4.78, 5) is 23.1. The Morgan fingerprint density at radius 1 is 0.868 bits per heavy atom. The molecule has 2 heterocycles. The molecule has 8 heteroatoms. The molecular formula is C30H31N5O3. The first kappa shape index (κ1) is 25.1. The first-order valence-electron chi connectivity index (χ1n) is 12.8. The number of carbonyl (C=O) groups excluding carboxylic acids is 1. The summed E-state index contributed by atoms with van der Waals surface area (Å²) in [7, 11) is 0. The molecule has 0 atom stereocenters. The molecule has 0 saturated carbocycles. The number of carbonyl (C=O) groups is 1. The van der Waals surface area contributed by atoms with E-state index in [2.05, 4.69) is 5.32 Å². The molecule has 8 nitrogen and oxygen atoms in total. The highest BCUT2D eigenvalue weighted by atomic mass is 16.5. The molecule has 38 heavy (non-hydrogen) atoms. The van der Waals surface area contributed by atoms with Crippen LogP contribution in [0.5, 0.6) is 11.5 Å². The van der Waals surface area contributed by atoms with Crippen molar-refractivity contribution in [2.75, 3.05) is 25.5 Å². The third-order valence-corrected chi connectivity index (χ3v) is 6.31. The lowest BCUT2D eigenvalue weighted by Gasteiger charge is -2.12. The van der Waals surface area contributed by atoms with Crippen LogP contribution in [0.3, 0.4) is 0 Å². The third-order valence-electron chi connectivity index (χ3n) is 6.31. The normalized spacial score (nSPS) is 11.1. The van der Waals surface area contributed by atoms with E-state index in [1.54, 1.807) is 0 Å². The summed E-state index contributed by atoms with van der Waals surface area (Å²) < 4.78 is 13.2. The number of nitrogens with two attached hydrogens (primary N) is 1. The van der Waals surface area contributed by atoms with E-state index < -0.39 is 0 Å². The van der Waals surface area contributed by atoms with Gasteiger partial charge in [0, 0.05) is 6.54 Å². The monoisotopic (exact) mass is 509 g/mol. The van der Waals surface area contributed by atoms with Gasteiger partial charge in [-0.15, -0.1) is 0 Å². The van der Waals surface area contributed by atoms with Crippen molar-refractivity contribution in [3.05, 3.63) is 89.5 Å². The van der Waals surface area contributed by atoms with Crippen LogP contribution in [0.25, 0.3) is 22.2 Å². The second-order valence-electron chi connectivity index (χ2n) is 8.87. The van der Waals surface area contributed by atoms with E-state index in [1.807, 2.05) is 91.2 Å². The number of nitrogens with one attached hydrogen (secondary N) is 1. The van der Waals surface area contributed by atoms with Crippen LogP contribution in [0.4, 0.5) is 5.82 Å². The van der Waals surface area contributed by atoms with Crippen molar-refractivity contribution in [2.45, 2.75) is 26.8 Å². The van der Waals surface area contributed by atoms with Crippen LogP contribution in [-0.2, 0) is 13.0 Å². The Labute approximate surface area is 221 Å². The molecule has 3 N–H and O–H groups in total. The van der Waals surface area contributed by atoms with Crippen LogP contribution in [0.2, 0.25) is 0 Å². The van der Waals surface area contributed by atoms with Crippen LogP contribution in [0.1, 0.15) is 35.3 Å². The van der Waals surface area contributed by atoms with E-state index >= 15 is 0 Å². The standard InChI is InChI=1S/C30H31N5O3/c1-3-37-24-15-14-20(18-25(24)38-4-2)16-17-32-30(36)26-27-29(34-23-13-9-8-12-22(23)33-27)35(28(26)31)19-21-10-6-5-7-11-21/h5-15,18H,3-4,16-17,19,31H2,1-2H3,(H,32,36). The Hall–Kier alpha value is -4.59. The average molecular weight is 510 g/mol. The maximum Gasteiger partial charge on any atom is 0.257 e. The third kappa shape index (κ3) is 5.11. The molecule has 0 aliphatic rings. The Morgan fingerprint density at radius 3 is 2.29 bits per heavy atom. The number of anilines is 1. The molecule has 1 amide bonds. The van der Waals surface area contributed by atoms with Gasteiger partial charge in [0.05, 0.1) is 30.8 Å². The van der Waals surface area contributed by atoms with Gasteiger partial charge in [0.1, 0.15) is 16.9 Å². The summed E-state index contributed by atoms with van der Waals surface area (Å²) in [6.45, 7) is 5.89. The van der Waals surface area contributed by atoms with Crippen LogP contribution >= 0.6 is 0 Å². The van der Waals surface area contributed by atoms with E-state index in [4.69, 9.17) is 25.2 Å². The number of fused-ring (bicyclic) bond motifs is 2. The minimum absolute atomic E-state index is 0.278. The highest BCUT2D eigenvalue weighted by Gasteiger charge is 2.24. The molecular weight excluding hydrogens is 478 g/mol. The molecule has 3 aromatic carbocycles. The van der Waals surface area contributed by atoms with Gasteiger partial charge in [-0.2, -0.15) is 0 Å². The quantitative estimate of drug-likeness (QED) is 0.275. The number of hydrogen-bond acceptors (Lipinski definition) is 6. The van der Waals surface area contributed by atoms with Crippen LogP contribution in [0, 0.1) is 0 Å². The Kier molecular flexibility index (Phi) is 7.40. The van der Waals surface area contributed by atoms with Gasteiger partial charge in [-0.25, -0.2) is 9.97 Å². The summed E-state index contributed by atoms with van der Waals surface area (Å²) in [6, 6.07) is 23.4. The Morgan fingerprint density at radius 2 is 1.55 bits per heavy atom. The van der Waals surface area contributed by atoms with Gasteiger partial charge in [0.2, 0.25) is 0 Å². The maximum atomic E-state index is 13.5. The zero-order chi connectivity index (χ0) is 26.5. The molecule has 0 saturated heterocycles. The lowest BCUT2D eigenvalue weighted by Crippen LogP contribution is -2.26. The number of ether oxygens (including phenoxy) is 2. The average Bonchev–Trinajstić information content (AvgIpc) is 3.19. The lowest BCUT2D eigenvalue weighted by atomic mass is 10.1. The highest BCUT2D eigenvalue weighted by molar-refractivity contribution is 6.10. The Bertz CT molecular complexity index is 1580. The molecule has 0 fully saturated rings. The fraction of sp³-hybridized carbons (Fsp3) is 0.233. The van der Waals surface area contributed by atoms with Gasteiger partial charge in [0.25, 0.3) is 5.91 Å². The lowest BCUT2D eigenvalue weighted by molar-refractivity contribution is 0.0956. The molecule has 0 radical (unpaired) electrons. The van der Waals surface area contributed by atoms with Gasteiger partial charge in [-0.3, -0.25) is 4.79 Å². The fourth-order valence-corrected chi connectivity index (χ4v) is 4.53. The second-order valence-corrected chi connectivity index (χ2v) is 8.87. The van der Waals surface area contributed by atoms with Crippen LogP contribution in [-0.4, -0.2) is 40.2 Å². The minimum Gasteiger partial charge on any atom is -0.490 e. The number of amides is 1. The highest BCUT2D eigenvalue weighted by Crippen LogP contribution is 2.30. The number of benzene rings is 3. The number of hydrogen-bond donors (Lipinski definition) is 2. The maximum absolute atomic E-state index is 13.5. The number of aromatic nitrogens is 3. The van der Waals surface area contributed by atoms with Crippen molar-refractivity contribution in [1.29, 1.82) is 0 Å². The van der Waals surface area contributed by atoms with Crippen molar-refractivity contribution >= 4 is 33.9 Å². The van der Waals surface area contributed by atoms with E-state index in [9.17, 15) is 4.79 Å². The summed E-state index contributed by atoms with van der Waals surface area (Å²) >= 11 is 0. The van der Waals surface area contributed by atoms with Gasteiger partial charge >= 0.3 is 0 Å². The van der Waals surface area contributed by atoms with Gasteiger partial charge in [-0.1, -0.05) is 48.5 Å². The fourth-order valence-electron chi connectivity index (χ4n) is 4.53. The first-order valence-corrected chi connectivity index (χ1v) is 12.8. The number of rotatable bonds is 10. The predicted molar refractivity (Wildman–Crippen MR) is 150 cm³/mol. The molecule has 194 valence electrons. The molecule has 5 rings (SSSR count). The van der Waals surface area contributed by atoms with Crippen molar-refractivity contribution in [3.8, 4) is 11.5 Å². The van der Waals surface area contributed by atoms with E-state index in [0.29, 0.717) is 72.3 Å². The molecule has 0 bridgehead atoms. The molecule has 5 aromatic rings. The zero-order valence-electron chi connectivity index (χ0n) is 21.6. The summed E-state index contributed by atoms with van der Waals surface area (Å²) in [5.41, 5.74) is 11.6. The van der Waals surface area contributed by atoms with Crippen molar-refractivity contribution in [1.82, 2.24) is 19.9 Å². The Balaban J connectivity index is 1.42. The predicted octanol–water partition coefficient (Wildman–Crippen LogP) is 4.98. The molecule has 0 spiro atoms. The minimum atomic E-state index is -0.278. The topological polar surface area (TPSA) is 104 Å². The number of para-hydroxylation sites is 2. The van der Waals surface area contributed by atoms with Gasteiger partial charge in [0.15, 0.2) is 17.1 Å². The van der Waals surface area contributed by atoms with Gasteiger partial charge < -0.3 is 25.1 Å². The zero-order valence-corrected chi connectivity index (χ0v) is 21.6. The largest absolute Gasteiger partial charge is 0.490 e. The van der Waals surface area contributed by atoms with Crippen LogP contribution < -0.4 is 20.5 Å². The van der Waals surface area contributed by atoms with Gasteiger partial charge in [-0.05, 0) is 55.7 Å². The smallest absolute Gasteiger partial charge is 0.257 e. The van der Waals surface area contributed by atoms with E-state index in [0.717, 1.165) is 16.6 Å². The summed E-state index contributed by atoms with van der Waals surface area (Å²) in [6.07, 6.45) is 0.620. The van der Waals surface area contributed by atoms with Crippen molar-refractivity contribution in [3.63, 3.8) is 0 Å². The van der Waals surface area contributed by atoms with E-state index in [-0.39, 0.29) is 5.91 Å². The van der Waals surface area contributed by atoms with Crippen LogP contribution in [0.15, 0.2) is 72.8 Å². The van der Waals surface area contributed by atoms with Crippen molar-refractivity contribution < 1.29 is 14.3 Å². The molecule has 0 aliphatic carbocycles. The number of nitrogens with zero attached hydrogens (tertiary/aromatic N) is 3. The SMILES string of the molecule is CCOc1ccc(CCNC(=O)c2c(N)n(Cc3ccccc3)c3nc4ccccc4nc23)cc1OCC. The van der Waals surface area contributed by atoms with E-state index in [1.165, 1.54) is 0 Å². The van der Waals surface area contributed by atoms with Crippen molar-refractivity contribution in [2.24, 2.45) is 0 Å². The molecule has 0 aliphatic heterocycles. The second kappa shape index (κ2) is 11.2. The summed E-state index contributed by atoms with van der Waals surface area (Å²) in [5.74, 6) is 1.48. The summed E-state index contributed by atoms with van der Waals surface area (Å²) in [5, 5.41) is 3.02. The molecule has 2 aromatic heterocycles. The number of nitrogen functional groups attached to an aromatic ring is 1. The first-order chi connectivity index (χ1) is 18.6.